The molecule has 0 amide bonds. The molecular weight excluding hydrogens is 259 g/mol. The van der Waals surface area contributed by atoms with Crippen molar-refractivity contribution in [2.45, 2.75) is 12.5 Å². The Morgan fingerprint density at radius 1 is 1.61 bits per heavy atom. The number of nitrogens with one attached hydrogen (secondary N) is 1. The van der Waals surface area contributed by atoms with Crippen molar-refractivity contribution in [1.82, 2.24) is 0 Å². The number of nitrogens with zero attached hydrogens (tertiary/aromatic N) is 1. The van der Waals surface area contributed by atoms with Crippen LogP contribution in [0.5, 0.6) is 0 Å². The van der Waals surface area contributed by atoms with Crippen LogP contribution in [-0.2, 0) is 0 Å². The van der Waals surface area contributed by atoms with E-state index in [1.54, 1.807) is 6.92 Å². The molecule has 0 fully saturated rings. The zero-order valence-electron chi connectivity index (χ0n) is 10.1. The first-order valence-corrected chi connectivity index (χ1v) is 6.65. The summed E-state index contributed by atoms with van der Waals surface area (Å²) in [6, 6.07) is 3.63. The van der Waals surface area contributed by atoms with Crippen LogP contribution in [0.2, 0.25) is 0 Å². The fourth-order valence-electron chi connectivity index (χ4n) is 1.48. The average molecular weight is 274 g/mol. The van der Waals surface area contributed by atoms with E-state index in [1.165, 1.54) is 23.9 Å². The van der Waals surface area contributed by atoms with Gasteiger partial charge in [-0.05, 0) is 19.2 Å². The van der Waals surface area contributed by atoms with Crippen LogP contribution in [0.4, 0.5) is 15.8 Å². The number of nitro groups is 1. The molecular formula is C11H15FN2O3S. The Morgan fingerprint density at radius 3 is 2.83 bits per heavy atom. The summed E-state index contributed by atoms with van der Waals surface area (Å²) in [5.41, 5.74) is -1.59. The maximum absolute atomic E-state index is 13.5. The SMILES string of the molecule is CSCC(C)(O)CNc1c(F)cccc1[N+](=O)[O-]. The van der Waals surface area contributed by atoms with Crippen LogP contribution >= 0.6 is 11.8 Å². The minimum atomic E-state index is -1.06. The number of hydrogen-bond acceptors (Lipinski definition) is 5. The molecule has 0 saturated heterocycles. The summed E-state index contributed by atoms with van der Waals surface area (Å²) in [5.74, 6) is -0.258. The molecule has 0 saturated carbocycles. The van der Waals surface area contributed by atoms with E-state index in [0.717, 1.165) is 6.07 Å². The molecule has 0 spiro atoms. The van der Waals surface area contributed by atoms with Crippen molar-refractivity contribution in [2.75, 3.05) is 23.9 Å². The topological polar surface area (TPSA) is 75.4 Å². The lowest BCUT2D eigenvalue weighted by Crippen LogP contribution is -2.36. The van der Waals surface area contributed by atoms with Gasteiger partial charge in [0.15, 0.2) is 5.82 Å². The summed E-state index contributed by atoms with van der Waals surface area (Å²) >= 11 is 1.44. The molecule has 1 aromatic carbocycles. The Balaban J connectivity index is 2.87. The van der Waals surface area contributed by atoms with Gasteiger partial charge in [-0.15, -0.1) is 0 Å². The number of benzene rings is 1. The third-order valence-electron chi connectivity index (χ3n) is 2.29. The van der Waals surface area contributed by atoms with E-state index in [-0.39, 0.29) is 17.9 Å². The van der Waals surface area contributed by atoms with Gasteiger partial charge in [-0.1, -0.05) is 6.07 Å². The summed E-state index contributed by atoms with van der Waals surface area (Å²) in [5, 5.41) is 23.3. The summed E-state index contributed by atoms with van der Waals surface area (Å²) in [4.78, 5) is 10.1. The number of para-hydroxylation sites is 1. The largest absolute Gasteiger partial charge is 0.387 e. The Bertz CT molecular complexity index is 440. The number of nitro benzene ring substituents is 1. The average Bonchev–Trinajstić information content (AvgIpc) is 2.26. The van der Waals surface area contributed by atoms with Gasteiger partial charge in [0.2, 0.25) is 0 Å². The quantitative estimate of drug-likeness (QED) is 0.614. The highest BCUT2D eigenvalue weighted by atomic mass is 32.2. The van der Waals surface area contributed by atoms with Gasteiger partial charge in [-0.2, -0.15) is 11.8 Å². The van der Waals surface area contributed by atoms with Crippen LogP contribution in [0, 0.1) is 15.9 Å². The van der Waals surface area contributed by atoms with Gasteiger partial charge >= 0.3 is 0 Å². The molecule has 2 N–H and O–H groups in total. The highest BCUT2D eigenvalue weighted by molar-refractivity contribution is 7.98. The third kappa shape index (κ3) is 3.85. The molecule has 1 atom stereocenters. The standard InChI is InChI=1S/C11H15FN2O3S/c1-11(15,7-18-2)6-13-10-8(12)4-3-5-9(10)14(16)17/h3-5,13,15H,6-7H2,1-2H3. The molecule has 0 bridgehead atoms. The van der Waals surface area contributed by atoms with Gasteiger partial charge in [0.25, 0.3) is 5.69 Å². The number of rotatable bonds is 6. The van der Waals surface area contributed by atoms with Crippen LogP contribution in [0.15, 0.2) is 18.2 Å². The van der Waals surface area contributed by atoms with Gasteiger partial charge in [-0.25, -0.2) is 4.39 Å². The van der Waals surface area contributed by atoms with Crippen LogP contribution in [0.1, 0.15) is 6.92 Å². The normalized spacial score (nSPS) is 14.0. The summed E-state index contributed by atoms with van der Waals surface area (Å²) in [6.45, 7) is 1.62. The molecule has 0 heterocycles. The first kappa shape index (κ1) is 14.7. The molecule has 0 aliphatic carbocycles. The van der Waals surface area contributed by atoms with E-state index in [2.05, 4.69) is 5.32 Å². The first-order valence-electron chi connectivity index (χ1n) is 5.25. The molecule has 0 aliphatic heterocycles. The second kappa shape index (κ2) is 6.01. The Kier molecular flexibility index (Phi) is 4.92. The second-order valence-corrected chi connectivity index (χ2v) is 5.04. The zero-order chi connectivity index (χ0) is 13.8. The second-order valence-electron chi connectivity index (χ2n) is 4.17. The fourth-order valence-corrected chi connectivity index (χ4v) is 2.20. The van der Waals surface area contributed by atoms with E-state index >= 15 is 0 Å². The lowest BCUT2D eigenvalue weighted by atomic mass is 10.1. The van der Waals surface area contributed by atoms with Crippen LogP contribution in [0.25, 0.3) is 0 Å². The molecule has 1 rings (SSSR count). The smallest absolute Gasteiger partial charge is 0.295 e. The van der Waals surface area contributed by atoms with Crippen molar-refractivity contribution in [2.24, 2.45) is 0 Å². The minimum absolute atomic E-state index is 0.0373. The summed E-state index contributed by atoms with van der Waals surface area (Å²) in [6.07, 6.45) is 1.83. The molecule has 0 radical (unpaired) electrons. The van der Waals surface area contributed by atoms with Crippen LogP contribution in [-0.4, -0.2) is 34.2 Å². The minimum Gasteiger partial charge on any atom is -0.387 e. The monoisotopic (exact) mass is 274 g/mol. The third-order valence-corrected chi connectivity index (χ3v) is 3.20. The fraction of sp³-hybridized carbons (Fsp3) is 0.455. The van der Waals surface area contributed by atoms with E-state index in [1.807, 2.05) is 6.26 Å². The van der Waals surface area contributed by atoms with Gasteiger partial charge in [0, 0.05) is 18.4 Å². The Labute approximate surface area is 109 Å². The van der Waals surface area contributed by atoms with Crippen molar-refractivity contribution in [3.8, 4) is 0 Å². The maximum Gasteiger partial charge on any atom is 0.295 e. The number of anilines is 1. The van der Waals surface area contributed by atoms with Gasteiger partial charge in [0.1, 0.15) is 5.69 Å². The maximum atomic E-state index is 13.5. The predicted octanol–water partition coefficient (Wildman–Crippen LogP) is 2.26. The highest BCUT2D eigenvalue weighted by Gasteiger charge is 2.23. The van der Waals surface area contributed by atoms with Gasteiger partial charge in [-0.3, -0.25) is 10.1 Å². The first-order chi connectivity index (χ1) is 8.37. The summed E-state index contributed by atoms with van der Waals surface area (Å²) in [7, 11) is 0. The Morgan fingerprint density at radius 2 is 2.28 bits per heavy atom. The van der Waals surface area contributed by atoms with Crippen LogP contribution < -0.4 is 5.32 Å². The van der Waals surface area contributed by atoms with Crippen molar-refractivity contribution in [1.29, 1.82) is 0 Å². The zero-order valence-corrected chi connectivity index (χ0v) is 11.0. The molecule has 1 aromatic rings. The summed E-state index contributed by atoms with van der Waals surface area (Å²) < 4.78 is 13.5. The molecule has 7 heteroatoms. The lowest BCUT2D eigenvalue weighted by molar-refractivity contribution is -0.384. The van der Waals surface area contributed by atoms with Gasteiger partial charge in [0.05, 0.1) is 10.5 Å². The highest BCUT2D eigenvalue weighted by Crippen LogP contribution is 2.27. The van der Waals surface area contributed by atoms with Crippen molar-refractivity contribution >= 4 is 23.1 Å². The number of halogens is 1. The molecule has 0 aromatic heterocycles. The molecule has 100 valence electrons. The Hall–Kier alpha value is -1.34. The molecule has 5 nitrogen and oxygen atoms in total. The van der Waals surface area contributed by atoms with E-state index in [9.17, 15) is 19.6 Å². The number of aliphatic hydroxyl groups is 1. The van der Waals surface area contributed by atoms with Crippen molar-refractivity contribution < 1.29 is 14.4 Å². The lowest BCUT2D eigenvalue weighted by Gasteiger charge is -2.23. The number of thioether (sulfide) groups is 1. The number of hydrogen-bond donors (Lipinski definition) is 2. The predicted molar refractivity (Wildman–Crippen MR) is 70.5 cm³/mol. The van der Waals surface area contributed by atoms with Crippen molar-refractivity contribution in [3.05, 3.63) is 34.1 Å². The van der Waals surface area contributed by atoms with Gasteiger partial charge < -0.3 is 10.4 Å². The van der Waals surface area contributed by atoms with Crippen LogP contribution in [0.3, 0.4) is 0 Å². The molecule has 0 aliphatic rings. The molecule has 18 heavy (non-hydrogen) atoms. The van der Waals surface area contributed by atoms with E-state index in [0.29, 0.717) is 5.75 Å². The van der Waals surface area contributed by atoms with E-state index in [4.69, 9.17) is 0 Å². The molecule has 1 unspecified atom stereocenters. The van der Waals surface area contributed by atoms with Crippen molar-refractivity contribution in [3.63, 3.8) is 0 Å². The van der Waals surface area contributed by atoms with E-state index < -0.39 is 16.3 Å².